The van der Waals surface area contributed by atoms with Gasteiger partial charge in [0.05, 0.1) is 19.2 Å². The van der Waals surface area contributed by atoms with Crippen LogP contribution in [0.4, 0.5) is 5.69 Å². The first-order chi connectivity index (χ1) is 12.5. The van der Waals surface area contributed by atoms with Gasteiger partial charge in [-0.2, -0.15) is 0 Å². The fraction of sp³-hybridized carbons (Fsp3) is 0.316. The minimum absolute atomic E-state index is 0.0356. The Labute approximate surface area is 152 Å². The van der Waals surface area contributed by atoms with Gasteiger partial charge in [-0.25, -0.2) is 4.85 Å². The monoisotopic (exact) mass is 355 g/mol. The number of nitro groups is 1. The molecule has 0 fully saturated rings. The van der Waals surface area contributed by atoms with Gasteiger partial charge in [-0.05, 0) is 34.9 Å². The summed E-state index contributed by atoms with van der Waals surface area (Å²) in [6.07, 6.45) is 0. The maximum atomic E-state index is 11.5. The molecule has 136 valence electrons. The van der Waals surface area contributed by atoms with Crippen LogP contribution < -0.4 is 5.73 Å². The second-order valence-electron chi connectivity index (χ2n) is 5.87. The predicted octanol–water partition coefficient (Wildman–Crippen LogP) is 3.51. The topological polar surface area (TPSA) is 92.0 Å². The number of benzene rings is 2. The lowest BCUT2D eigenvalue weighted by atomic mass is 9.94. The lowest BCUT2D eigenvalue weighted by molar-refractivity contribution is -0.532. The fourth-order valence-corrected chi connectivity index (χ4v) is 2.69. The van der Waals surface area contributed by atoms with E-state index in [1.165, 1.54) is 7.11 Å². The molecule has 0 bridgehead atoms. The van der Waals surface area contributed by atoms with Gasteiger partial charge < -0.3 is 15.2 Å². The summed E-state index contributed by atoms with van der Waals surface area (Å²) < 4.78 is 10.1. The summed E-state index contributed by atoms with van der Waals surface area (Å²) >= 11 is 0. The average molecular weight is 355 g/mol. The molecule has 0 heterocycles. The molecule has 0 amide bonds. The summed E-state index contributed by atoms with van der Waals surface area (Å²) in [5.41, 5.74) is 9.59. The van der Waals surface area contributed by atoms with Gasteiger partial charge in [-0.15, -0.1) is 0 Å². The van der Waals surface area contributed by atoms with E-state index in [0.717, 1.165) is 16.7 Å². The maximum absolute atomic E-state index is 11.5. The second kappa shape index (κ2) is 9.06. The molecule has 0 spiro atoms. The molecule has 2 aromatic rings. The molecule has 7 nitrogen and oxygen atoms in total. The quantitative estimate of drug-likeness (QED) is 0.444. The van der Waals surface area contributed by atoms with Crippen molar-refractivity contribution in [3.05, 3.63) is 75.1 Å². The van der Waals surface area contributed by atoms with Crippen molar-refractivity contribution < 1.29 is 14.4 Å². The van der Waals surface area contributed by atoms with Crippen molar-refractivity contribution in [2.24, 2.45) is 5.73 Å². The van der Waals surface area contributed by atoms with Crippen LogP contribution in [0.3, 0.4) is 0 Å². The molecule has 0 aliphatic rings. The van der Waals surface area contributed by atoms with Crippen LogP contribution in [-0.4, -0.2) is 32.4 Å². The number of nitrogens with zero attached hydrogens (tertiary/aromatic N) is 2. The molecule has 0 radical (unpaired) electrons. The Bertz CT molecular complexity index is 799. The third kappa shape index (κ3) is 4.64. The molecule has 0 aliphatic heterocycles. The van der Waals surface area contributed by atoms with Gasteiger partial charge in [0.25, 0.3) is 6.04 Å². The van der Waals surface area contributed by atoms with Crippen LogP contribution >= 0.6 is 0 Å². The van der Waals surface area contributed by atoms with Gasteiger partial charge in [-0.3, -0.25) is 10.1 Å². The third-order valence-electron chi connectivity index (χ3n) is 4.05. The number of rotatable bonds is 8. The number of hydrogen-bond acceptors (Lipinski definition) is 5. The molecule has 0 saturated carbocycles. The zero-order chi connectivity index (χ0) is 19.1. The standard InChI is InChI=1S/C19H21N3O4/c1-21-17-6-4-13(5-7-17)14-8-15(18(20)11-25-2)10-16(9-14)19(12-26-3)22(23)24/h4-10,18-19H,11-12,20H2,2-3H3. The van der Waals surface area contributed by atoms with E-state index in [9.17, 15) is 10.1 Å². The molecule has 2 aromatic carbocycles. The Morgan fingerprint density at radius 2 is 1.69 bits per heavy atom. The van der Waals surface area contributed by atoms with Crippen LogP contribution in [0.5, 0.6) is 0 Å². The minimum Gasteiger partial charge on any atom is -0.383 e. The summed E-state index contributed by atoms with van der Waals surface area (Å²) in [7, 11) is 2.99. The fourth-order valence-electron chi connectivity index (χ4n) is 2.69. The Kier molecular flexibility index (Phi) is 6.81. The zero-order valence-corrected chi connectivity index (χ0v) is 14.7. The van der Waals surface area contributed by atoms with Crippen LogP contribution in [-0.2, 0) is 9.47 Å². The SMILES string of the molecule is [C-]#[N+]c1ccc(-c2cc(C(N)COC)cc(C(COC)[N+](=O)[O-])c2)cc1. The summed E-state index contributed by atoms with van der Waals surface area (Å²) in [5.74, 6) is 0. The Morgan fingerprint density at radius 3 is 2.23 bits per heavy atom. The van der Waals surface area contributed by atoms with Crippen LogP contribution in [0.15, 0.2) is 42.5 Å². The highest BCUT2D eigenvalue weighted by Crippen LogP contribution is 2.30. The first kappa shape index (κ1) is 19.5. The first-order valence-corrected chi connectivity index (χ1v) is 8.00. The largest absolute Gasteiger partial charge is 0.383 e. The van der Waals surface area contributed by atoms with Gasteiger partial charge in [0.1, 0.15) is 6.61 Å². The smallest absolute Gasteiger partial charge is 0.261 e. The van der Waals surface area contributed by atoms with Crippen molar-refractivity contribution in [2.75, 3.05) is 27.4 Å². The van der Waals surface area contributed by atoms with Gasteiger partial charge in [0.15, 0.2) is 5.69 Å². The van der Waals surface area contributed by atoms with Crippen molar-refractivity contribution in [1.29, 1.82) is 0 Å². The van der Waals surface area contributed by atoms with Gasteiger partial charge in [0, 0.05) is 24.7 Å². The number of hydrogen-bond donors (Lipinski definition) is 1. The number of ether oxygens (including phenoxy) is 2. The van der Waals surface area contributed by atoms with Crippen LogP contribution in [0.25, 0.3) is 16.0 Å². The van der Waals surface area contributed by atoms with E-state index in [4.69, 9.17) is 21.8 Å². The highest BCUT2D eigenvalue weighted by atomic mass is 16.6. The van der Waals surface area contributed by atoms with Crippen molar-refractivity contribution in [3.63, 3.8) is 0 Å². The highest BCUT2D eigenvalue weighted by Gasteiger charge is 2.24. The van der Waals surface area contributed by atoms with Crippen molar-refractivity contribution >= 4 is 5.69 Å². The first-order valence-electron chi connectivity index (χ1n) is 8.00. The van der Waals surface area contributed by atoms with E-state index in [1.54, 1.807) is 31.4 Å². The Hall–Kier alpha value is -2.79. The molecule has 2 atom stereocenters. The number of nitrogens with two attached hydrogens (primary N) is 1. The predicted molar refractivity (Wildman–Crippen MR) is 98.6 cm³/mol. The number of methoxy groups -OCH3 is 2. The summed E-state index contributed by atoms with van der Waals surface area (Å²) in [6, 6.07) is 11.0. The molecular weight excluding hydrogens is 334 g/mol. The molecular formula is C19H21N3O4. The van der Waals surface area contributed by atoms with Crippen LogP contribution in [0.1, 0.15) is 23.2 Å². The van der Waals surface area contributed by atoms with Crippen molar-refractivity contribution in [3.8, 4) is 11.1 Å². The van der Waals surface area contributed by atoms with Gasteiger partial charge in [0.2, 0.25) is 0 Å². The highest BCUT2D eigenvalue weighted by molar-refractivity contribution is 5.68. The minimum atomic E-state index is -0.990. The summed E-state index contributed by atoms with van der Waals surface area (Å²) in [5, 5.41) is 11.5. The second-order valence-corrected chi connectivity index (χ2v) is 5.87. The van der Waals surface area contributed by atoms with Gasteiger partial charge in [-0.1, -0.05) is 24.3 Å². The molecule has 2 N–H and O–H groups in total. The molecule has 26 heavy (non-hydrogen) atoms. The summed E-state index contributed by atoms with van der Waals surface area (Å²) in [4.78, 5) is 14.5. The van der Waals surface area contributed by atoms with E-state index in [-0.39, 0.29) is 11.5 Å². The Balaban J connectivity index is 2.55. The lowest BCUT2D eigenvalue weighted by Crippen LogP contribution is -2.19. The van der Waals surface area contributed by atoms with E-state index in [2.05, 4.69) is 4.85 Å². The van der Waals surface area contributed by atoms with Gasteiger partial charge >= 0.3 is 0 Å². The van der Waals surface area contributed by atoms with Crippen molar-refractivity contribution in [2.45, 2.75) is 12.1 Å². The average Bonchev–Trinajstić information content (AvgIpc) is 2.65. The van der Waals surface area contributed by atoms with E-state index >= 15 is 0 Å². The Morgan fingerprint density at radius 1 is 1.08 bits per heavy atom. The molecule has 0 saturated heterocycles. The molecule has 7 heteroatoms. The summed E-state index contributed by atoms with van der Waals surface area (Å²) in [6.45, 7) is 7.31. The normalized spacial score (nSPS) is 13.0. The van der Waals surface area contributed by atoms with E-state index < -0.39 is 12.1 Å². The zero-order valence-electron chi connectivity index (χ0n) is 14.7. The lowest BCUT2D eigenvalue weighted by Gasteiger charge is -2.17. The maximum Gasteiger partial charge on any atom is 0.261 e. The molecule has 2 unspecified atom stereocenters. The molecule has 0 aliphatic carbocycles. The molecule has 2 rings (SSSR count). The third-order valence-corrected chi connectivity index (χ3v) is 4.05. The van der Waals surface area contributed by atoms with E-state index in [0.29, 0.717) is 17.9 Å². The molecule has 0 aromatic heterocycles. The van der Waals surface area contributed by atoms with E-state index in [1.807, 2.05) is 18.2 Å². The van der Waals surface area contributed by atoms with Crippen molar-refractivity contribution in [1.82, 2.24) is 0 Å². The van der Waals surface area contributed by atoms with Crippen LogP contribution in [0.2, 0.25) is 0 Å². The van der Waals surface area contributed by atoms with Crippen LogP contribution in [0, 0.1) is 16.7 Å².